The molecule has 1 heterocycles. The molecule has 0 aromatic rings. The molecule has 1 N–H and O–H groups in total. The second-order valence-corrected chi connectivity index (χ2v) is 5.14. The van der Waals surface area contributed by atoms with Gasteiger partial charge in [-0.1, -0.05) is 20.8 Å². The van der Waals surface area contributed by atoms with Crippen LogP contribution in [0.5, 0.6) is 0 Å². The second-order valence-electron chi connectivity index (χ2n) is 5.14. The molecule has 1 rings (SSSR count). The molecule has 0 saturated carbocycles. The third-order valence-corrected chi connectivity index (χ3v) is 2.90. The van der Waals surface area contributed by atoms with E-state index in [1.807, 2.05) is 7.05 Å². The Morgan fingerprint density at radius 2 is 2.00 bits per heavy atom. The SMILES string of the molecule is CC1OCCC1N(C)C(=N)C(C)(C)C. The topological polar surface area (TPSA) is 36.3 Å². The zero-order chi connectivity index (χ0) is 10.9. The molecule has 0 aromatic heterocycles. The highest BCUT2D eigenvalue weighted by Crippen LogP contribution is 2.24. The number of amidine groups is 1. The monoisotopic (exact) mass is 198 g/mol. The lowest BCUT2D eigenvalue weighted by atomic mass is 9.93. The van der Waals surface area contributed by atoms with Crippen LogP contribution in [-0.2, 0) is 4.74 Å². The van der Waals surface area contributed by atoms with Crippen LogP contribution < -0.4 is 0 Å². The molecule has 82 valence electrons. The van der Waals surface area contributed by atoms with Crippen LogP contribution >= 0.6 is 0 Å². The van der Waals surface area contributed by atoms with Crippen molar-refractivity contribution >= 4 is 5.84 Å². The number of nitrogens with zero attached hydrogens (tertiary/aromatic N) is 1. The molecule has 0 bridgehead atoms. The zero-order valence-electron chi connectivity index (χ0n) is 9.92. The number of rotatable bonds is 1. The Morgan fingerprint density at radius 3 is 2.36 bits per heavy atom. The highest BCUT2D eigenvalue weighted by Gasteiger charge is 2.32. The Labute approximate surface area is 86.9 Å². The smallest absolute Gasteiger partial charge is 0.101 e. The quantitative estimate of drug-likeness (QED) is 0.517. The maximum absolute atomic E-state index is 8.07. The van der Waals surface area contributed by atoms with Gasteiger partial charge in [-0.25, -0.2) is 0 Å². The van der Waals surface area contributed by atoms with Crippen molar-refractivity contribution in [3.8, 4) is 0 Å². The first-order valence-electron chi connectivity index (χ1n) is 5.27. The molecule has 2 unspecified atom stereocenters. The molecular weight excluding hydrogens is 176 g/mol. The van der Waals surface area contributed by atoms with Gasteiger partial charge in [-0.05, 0) is 13.3 Å². The predicted molar refractivity (Wildman–Crippen MR) is 58.8 cm³/mol. The van der Waals surface area contributed by atoms with Gasteiger partial charge >= 0.3 is 0 Å². The number of hydrogen-bond donors (Lipinski definition) is 1. The van der Waals surface area contributed by atoms with Crippen molar-refractivity contribution < 1.29 is 4.74 Å². The van der Waals surface area contributed by atoms with E-state index < -0.39 is 0 Å². The number of likely N-dealkylation sites (N-methyl/N-ethyl adjacent to an activating group) is 1. The lowest BCUT2D eigenvalue weighted by Gasteiger charge is -2.35. The van der Waals surface area contributed by atoms with Gasteiger partial charge in [0.1, 0.15) is 5.84 Å². The molecule has 0 aromatic carbocycles. The Kier molecular flexibility index (Phi) is 3.20. The fraction of sp³-hybridized carbons (Fsp3) is 0.909. The van der Waals surface area contributed by atoms with Gasteiger partial charge in [-0.2, -0.15) is 0 Å². The van der Waals surface area contributed by atoms with Gasteiger partial charge in [0.05, 0.1) is 12.1 Å². The Balaban J connectivity index is 2.65. The molecule has 0 aliphatic carbocycles. The minimum Gasteiger partial charge on any atom is -0.376 e. The van der Waals surface area contributed by atoms with Crippen molar-refractivity contribution in [1.29, 1.82) is 5.41 Å². The lowest BCUT2D eigenvalue weighted by molar-refractivity contribution is 0.0980. The van der Waals surface area contributed by atoms with Gasteiger partial charge in [0.15, 0.2) is 0 Å². The predicted octanol–water partition coefficient (Wildman–Crippen LogP) is 2.12. The average Bonchev–Trinajstić information content (AvgIpc) is 2.47. The van der Waals surface area contributed by atoms with Gasteiger partial charge in [0.25, 0.3) is 0 Å². The second kappa shape index (κ2) is 3.89. The highest BCUT2D eigenvalue weighted by atomic mass is 16.5. The molecule has 1 fully saturated rings. The molecular formula is C11H22N2O. The highest BCUT2D eigenvalue weighted by molar-refractivity contribution is 5.84. The third kappa shape index (κ3) is 2.27. The number of ether oxygens (including phenoxy) is 1. The normalized spacial score (nSPS) is 27.8. The summed E-state index contributed by atoms with van der Waals surface area (Å²) in [6, 6.07) is 0.377. The number of nitrogens with one attached hydrogen (secondary N) is 1. The van der Waals surface area contributed by atoms with Gasteiger partial charge in [0, 0.05) is 19.1 Å². The van der Waals surface area contributed by atoms with Gasteiger partial charge in [-0.3, -0.25) is 5.41 Å². The van der Waals surface area contributed by atoms with E-state index >= 15 is 0 Å². The van der Waals surface area contributed by atoms with E-state index in [4.69, 9.17) is 10.1 Å². The largest absolute Gasteiger partial charge is 0.376 e. The van der Waals surface area contributed by atoms with Crippen molar-refractivity contribution in [1.82, 2.24) is 4.90 Å². The maximum atomic E-state index is 8.07. The van der Waals surface area contributed by atoms with Crippen LogP contribution in [0.2, 0.25) is 0 Å². The minimum atomic E-state index is -0.0724. The first-order valence-corrected chi connectivity index (χ1v) is 5.27. The summed E-state index contributed by atoms with van der Waals surface area (Å²) in [5, 5.41) is 8.07. The van der Waals surface area contributed by atoms with Crippen LogP contribution in [0.4, 0.5) is 0 Å². The molecule has 3 nitrogen and oxygen atoms in total. The summed E-state index contributed by atoms with van der Waals surface area (Å²) >= 11 is 0. The van der Waals surface area contributed by atoms with E-state index in [1.165, 1.54) is 0 Å². The van der Waals surface area contributed by atoms with Crippen molar-refractivity contribution in [3.05, 3.63) is 0 Å². The molecule has 14 heavy (non-hydrogen) atoms. The third-order valence-electron chi connectivity index (χ3n) is 2.90. The molecule has 1 aliphatic heterocycles. The molecule has 1 aliphatic rings. The summed E-state index contributed by atoms with van der Waals surface area (Å²) < 4.78 is 5.51. The van der Waals surface area contributed by atoms with Gasteiger partial charge in [-0.15, -0.1) is 0 Å². The van der Waals surface area contributed by atoms with Crippen LogP contribution in [0.25, 0.3) is 0 Å². The summed E-state index contributed by atoms with van der Waals surface area (Å²) in [6.45, 7) is 9.14. The van der Waals surface area contributed by atoms with E-state index in [2.05, 4.69) is 32.6 Å². The van der Waals surface area contributed by atoms with E-state index in [9.17, 15) is 0 Å². The van der Waals surface area contributed by atoms with Crippen LogP contribution in [0.1, 0.15) is 34.1 Å². The molecule has 0 radical (unpaired) electrons. The van der Waals surface area contributed by atoms with E-state index in [1.54, 1.807) is 0 Å². The number of hydrogen-bond acceptors (Lipinski definition) is 2. The van der Waals surface area contributed by atoms with Crippen molar-refractivity contribution in [2.24, 2.45) is 5.41 Å². The zero-order valence-corrected chi connectivity index (χ0v) is 9.92. The Hall–Kier alpha value is -0.570. The standard InChI is InChI=1S/C11H22N2O/c1-8-9(6-7-14-8)13(5)10(12)11(2,3)4/h8-9,12H,6-7H2,1-5H3. The van der Waals surface area contributed by atoms with Crippen molar-refractivity contribution in [2.45, 2.75) is 46.3 Å². The Bertz CT molecular complexity index is 220. The molecule has 1 saturated heterocycles. The van der Waals surface area contributed by atoms with Crippen LogP contribution in [0.3, 0.4) is 0 Å². The van der Waals surface area contributed by atoms with E-state index in [-0.39, 0.29) is 11.5 Å². The molecule has 2 atom stereocenters. The van der Waals surface area contributed by atoms with Crippen LogP contribution in [-0.4, -0.2) is 36.5 Å². The fourth-order valence-electron chi connectivity index (χ4n) is 1.92. The minimum absolute atomic E-state index is 0.0724. The van der Waals surface area contributed by atoms with E-state index in [0.29, 0.717) is 11.9 Å². The summed E-state index contributed by atoms with van der Waals surface area (Å²) in [5.41, 5.74) is -0.0724. The molecule has 0 spiro atoms. The Morgan fingerprint density at radius 1 is 1.43 bits per heavy atom. The summed E-state index contributed by atoms with van der Waals surface area (Å²) in [5.74, 6) is 0.694. The van der Waals surface area contributed by atoms with Gasteiger partial charge in [0.2, 0.25) is 0 Å². The van der Waals surface area contributed by atoms with Crippen molar-refractivity contribution in [2.75, 3.05) is 13.7 Å². The van der Waals surface area contributed by atoms with Crippen LogP contribution in [0, 0.1) is 10.8 Å². The fourth-order valence-corrected chi connectivity index (χ4v) is 1.92. The first kappa shape index (κ1) is 11.5. The maximum Gasteiger partial charge on any atom is 0.101 e. The summed E-state index contributed by atoms with van der Waals surface area (Å²) in [7, 11) is 2.00. The van der Waals surface area contributed by atoms with E-state index in [0.717, 1.165) is 13.0 Å². The first-order chi connectivity index (χ1) is 6.34. The summed E-state index contributed by atoms with van der Waals surface area (Å²) in [4.78, 5) is 2.07. The van der Waals surface area contributed by atoms with Crippen LogP contribution in [0.15, 0.2) is 0 Å². The molecule has 0 amide bonds. The van der Waals surface area contributed by atoms with Gasteiger partial charge < -0.3 is 9.64 Å². The van der Waals surface area contributed by atoms with Crippen molar-refractivity contribution in [3.63, 3.8) is 0 Å². The summed E-state index contributed by atoms with van der Waals surface area (Å²) in [6.07, 6.45) is 1.29. The average molecular weight is 198 g/mol. The lowest BCUT2D eigenvalue weighted by Crippen LogP contribution is -2.45. The molecule has 3 heteroatoms.